The van der Waals surface area contributed by atoms with Crippen molar-refractivity contribution in [3.05, 3.63) is 40.7 Å². The summed E-state index contributed by atoms with van der Waals surface area (Å²) in [5.41, 5.74) is 0.556. The molecular formula is C13H15NO4. The molecule has 1 atom stereocenters. The highest BCUT2D eigenvalue weighted by Gasteiger charge is 2.05. The number of nitrogens with one attached hydrogen (secondary N) is 1. The van der Waals surface area contributed by atoms with Gasteiger partial charge in [0.1, 0.15) is 18.5 Å². The van der Waals surface area contributed by atoms with Gasteiger partial charge in [-0.15, -0.1) is 0 Å². The van der Waals surface area contributed by atoms with E-state index in [0.717, 1.165) is 5.39 Å². The summed E-state index contributed by atoms with van der Waals surface area (Å²) in [7, 11) is 1.52. The molecule has 0 aliphatic carbocycles. The Kier molecular flexibility index (Phi) is 3.96. The van der Waals surface area contributed by atoms with Crippen LogP contribution in [0.3, 0.4) is 0 Å². The Morgan fingerprint density at radius 3 is 2.83 bits per heavy atom. The van der Waals surface area contributed by atoms with Crippen LogP contribution in [0.25, 0.3) is 10.9 Å². The van der Waals surface area contributed by atoms with Crippen LogP contribution in [-0.4, -0.2) is 36.5 Å². The molecule has 2 aromatic rings. The Morgan fingerprint density at radius 1 is 1.28 bits per heavy atom. The van der Waals surface area contributed by atoms with Gasteiger partial charge < -0.3 is 19.6 Å². The molecule has 18 heavy (non-hydrogen) atoms. The molecule has 1 unspecified atom stereocenters. The minimum Gasteiger partial charge on any atom is -0.491 e. The number of aliphatic hydroxyl groups is 1. The van der Waals surface area contributed by atoms with Crippen molar-refractivity contribution in [3.63, 3.8) is 0 Å². The second kappa shape index (κ2) is 5.66. The van der Waals surface area contributed by atoms with Gasteiger partial charge in [-0.2, -0.15) is 0 Å². The Hall–Kier alpha value is -1.85. The number of aromatic nitrogens is 1. The van der Waals surface area contributed by atoms with Crippen molar-refractivity contribution in [1.82, 2.24) is 4.98 Å². The predicted molar refractivity (Wildman–Crippen MR) is 67.9 cm³/mol. The highest BCUT2D eigenvalue weighted by atomic mass is 16.5. The summed E-state index contributed by atoms with van der Waals surface area (Å²) in [6.07, 6.45) is -0.666. The standard InChI is InChI=1S/C13H15NO4/c1-17-7-10(15)8-18-11-4-2-9-3-5-13(16)14-12(9)6-11/h2-6,10,15H,7-8H2,1H3,(H,14,16). The number of methoxy groups -OCH3 is 1. The molecule has 0 saturated heterocycles. The van der Waals surface area contributed by atoms with E-state index in [2.05, 4.69) is 4.98 Å². The Bertz CT molecular complexity index is 578. The van der Waals surface area contributed by atoms with E-state index in [4.69, 9.17) is 9.47 Å². The van der Waals surface area contributed by atoms with E-state index in [1.54, 1.807) is 18.2 Å². The molecule has 0 bridgehead atoms. The highest BCUT2D eigenvalue weighted by molar-refractivity contribution is 5.79. The number of ether oxygens (including phenoxy) is 2. The number of benzene rings is 1. The number of fused-ring (bicyclic) bond motifs is 1. The Balaban J connectivity index is 2.12. The lowest BCUT2D eigenvalue weighted by molar-refractivity contribution is 0.0326. The number of aliphatic hydroxyl groups excluding tert-OH is 1. The Labute approximate surface area is 104 Å². The molecule has 0 fully saturated rings. The second-order valence-corrected chi connectivity index (χ2v) is 3.99. The normalized spacial score (nSPS) is 12.6. The Morgan fingerprint density at radius 2 is 2.06 bits per heavy atom. The molecule has 5 nitrogen and oxygen atoms in total. The highest BCUT2D eigenvalue weighted by Crippen LogP contribution is 2.18. The molecule has 0 spiro atoms. The van der Waals surface area contributed by atoms with Crippen molar-refractivity contribution < 1.29 is 14.6 Å². The van der Waals surface area contributed by atoms with Crippen molar-refractivity contribution in [2.45, 2.75) is 6.10 Å². The van der Waals surface area contributed by atoms with Gasteiger partial charge in [-0.25, -0.2) is 0 Å². The molecule has 5 heteroatoms. The van der Waals surface area contributed by atoms with Crippen LogP contribution in [0.2, 0.25) is 0 Å². The third-order valence-electron chi connectivity index (χ3n) is 2.50. The summed E-state index contributed by atoms with van der Waals surface area (Å²) in [5.74, 6) is 0.597. The predicted octanol–water partition coefficient (Wildman–Crippen LogP) is 0.914. The molecular weight excluding hydrogens is 234 g/mol. The molecule has 1 aromatic heterocycles. The third-order valence-corrected chi connectivity index (χ3v) is 2.50. The summed E-state index contributed by atoms with van der Waals surface area (Å²) in [4.78, 5) is 13.9. The first kappa shape index (κ1) is 12.6. The maximum absolute atomic E-state index is 11.2. The average molecular weight is 249 g/mol. The fourth-order valence-electron chi connectivity index (χ4n) is 1.65. The van der Waals surface area contributed by atoms with Crippen LogP contribution in [0.15, 0.2) is 35.1 Å². The van der Waals surface area contributed by atoms with E-state index >= 15 is 0 Å². The molecule has 0 radical (unpaired) electrons. The van der Waals surface area contributed by atoms with Gasteiger partial charge in [0, 0.05) is 19.2 Å². The smallest absolute Gasteiger partial charge is 0.248 e. The maximum atomic E-state index is 11.2. The molecule has 1 aromatic carbocycles. The SMILES string of the molecule is COCC(O)COc1ccc2ccc(=O)[nH]c2c1. The first-order chi connectivity index (χ1) is 8.69. The van der Waals surface area contributed by atoms with Crippen LogP contribution < -0.4 is 10.3 Å². The maximum Gasteiger partial charge on any atom is 0.248 e. The van der Waals surface area contributed by atoms with Gasteiger partial charge in [-0.3, -0.25) is 4.79 Å². The zero-order valence-corrected chi connectivity index (χ0v) is 10.1. The van der Waals surface area contributed by atoms with Gasteiger partial charge in [0.05, 0.1) is 12.1 Å². The number of rotatable bonds is 5. The monoisotopic (exact) mass is 249 g/mol. The number of H-pyrrole nitrogens is 1. The molecule has 2 N–H and O–H groups in total. The number of hydrogen-bond donors (Lipinski definition) is 2. The van der Waals surface area contributed by atoms with Crippen LogP contribution in [0.1, 0.15) is 0 Å². The van der Waals surface area contributed by atoms with Gasteiger partial charge in [0.2, 0.25) is 5.56 Å². The lowest BCUT2D eigenvalue weighted by atomic mass is 10.2. The molecule has 0 aliphatic heterocycles. The summed E-state index contributed by atoms with van der Waals surface area (Å²) in [6, 6.07) is 8.60. The van der Waals surface area contributed by atoms with Crippen LogP contribution in [0.5, 0.6) is 5.75 Å². The number of pyridine rings is 1. The summed E-state index contributed by atoms with van der Waals surface area (Å²) < 4.78 is 10.2. The third kappa shape index (κ3) is 3.09. The van der Waals surface area contributed by atoms with Crippen molar-refractivity contribution in [1.29, 1.82) is 0 Å². The second-order valence-electron chi connectivity index (χ2n) is 3.99. The van der Waals surface area contributed by atoms with E-state index in [1.807, 2.05) is 6.07 Å². The van der Waals surface area contributed by atoms with E-state index in [9.17, 15) is 9.90 Å². The van der Waals surface area contributed by atoms with Crippen LogP contribution in [-0.2, 0) is 4.74 Å². The minimum atomic E-state index is -0.666. The zero-order chi connectivity index (χ0) is 13.0. The van der Waals surface area contributed by atoms with Crippen molar-refractivity contribution in [2.75, 3.05) is 20.3 Å². The largest absolute Gasteiger partial charge is 0.491 e. The van der Waals surface area contributed by atoms with E-state index in [1.165, 1.54) is 13.2 Å². The van der Waals surface area contributed by atoms with Gasteiger partial charge in [0.15, 0.2) is 0 Å². The quantitative estimate of drug-likeness (QED) is 0.826. The van der Waals surface area contributed by atoms with Crippen molar-refractivity contribution in [2.24, 2.45) is 0 Å². The molecule has 96 valence electrons. The number of aromatic amines is 1. The van der Waals surface area contributed by atoms with Gasteiger partial charge in [0.25, 0.3) is 0 Å². The summed E-state index contributed by atoms with van der Waals surface area (Å²) >= 11 is 0. The van der Waals surface area contributed by atoms with Gasteiger partial charge in [-0.1, -0.05) is 0 Å². The first-order valence-corrected chi connectivity index (χ1v) is 5.62. The van der Waals surface area contributed by atoms with Crippen molar-refractivity contribution >= 4 is 10.9 Å². The number of hydrogen-bond acceptors (Lipinski definition) is 4. The fourth-order valence-corrected chi connectivity index (χ4v) is 1.65. The molecule has 0 amide bonds. The van der Waals surface area contributed by atoms with E-state index in [-0.39, 0.29) is 18.8 Å². The average Bonchev–Trinajstić information content (AvgIpc) is 2.36. The topological polar surface area (TPSA) is 71.5 Å². The van der Waals surface area contributed by atoms with E-state index < -0.39 is 6.10 Å². The van der Waals surface area contributed by atoms with Crippen LogP contribution in [0.4, 0.5) is 0 Å². The lowest BCUT2D eigenvalue weighted by Gasteiger charge is -2.11. The first-order valence-electron chi connectivity index (χ1n) is 5.62. The fraction of sp³-hybridized carbons (Fsp3) is 0.308. The van der Waals surface area contributed by atoms with Crippen LogP contribution in [0, 0.1) is 0 Å². The lowest BCUT2D eigenvalue weighted by Crippen LogP contribution is -2.22. The zero-order valence-electron chi connectivity index (χ0n) is 10.1. The molecule has 0 saturated carbocycles. The summed E-state index contributed by atoms with van der Waals surface area (Å²) in [6.45, 7) is 0.376. The van der Waals surface area contributed by atoms with Gasteiger partial charge >= 0.3 is 0 Å². The van der Waals surface area contributed by atoms with Gasteiger partial charge in [-0.05, 0) is 23.6 Å². The molecule has 0 aliphatic rings. The molecule has 2 rings (SSSR count). The summed E-state index contributed by atoms with van der Waals surface area (Å²) in [5, 5.41) is 10.4. The van der Waals surface area contributed by atoms with E-state index in [0.29, 0.717) is 11.3 Å². The van der Waals surface area contributed by atoms with Crippen LogP contribution >= 0.6 is 0 Å². The molecule has 1 heterocycles. The minimum absolute atomic E-state index is 0.149. The van der Waals surface area contributed by atoms with Crippen molar-refractivity contribution in [3.8, 4) is 5.75 Å².